The molecule has 432 valence electrons. The summed E-state index contributed by atoms with van der Waals surface area (Å²) < 4.78 is 7.86. The Labute approximate surface area is 539 Å². The Kier molecular flexibility index (Phi) is 10.3. The second kappa shape index (κ2) is 19.0. The lowest BCUT2D eigenvalue weighted by molar-refractivity contribution is 0.598. The highest BCUT2D eigenvalue weighted by Crippen LogP contribution is 2.65. The van der Waals surface area contributed by atoms with Gasteiger partial charge in [0.15, 0.2) is 11.5 Å². The standard InChI is InChI=1S/C83H53B2N7O/c1-50-44-69-73-70(45-50)91-78-61(84(73)60-41-40-59(52-26-10-3-11-27-52)75-77(60)90(69)68-39-23-21-37-65(68)87-75)42-43-62-79(78)92(81-80(91)82(53-28-12-4-13-29-53)93-83(81)54-30-14-5-15-31-54)72-49-58(88(56-32-16-6-17-33-56)57-34-18-7-19-35-57)48-71-74(72)85(62)63-46-55(51-24-8-2-9-25-51)47-66-76(63)89(71)67-38-22-20-36-64(67)86-66/h2-49,86-87H,1H3. The van der Waals surface area contributed by atoms with Crippen LogP contribution in [-0.4, -0.2) is 13.4 Å². The van der Waals surface area contributed by atoms with Crippen molar-refractivity contribution >= 4 is 154 Å². The molecule has 1 aromatic heterocycles. The Morgan fingerprint density at radius 1 is 0.301 bits per heavy atom. The molecule has 8 heterocycles. The fraction of sp³-hybridized carbons (Fsp3) is 0.0120. The molecule has 7 aliphatic rings. The number of nitrogens with zero attached hydrogens (tertiary/aromatic N) is 5. The molecular weight excluding hydrogens is 1130 g/mol. The molecule has 0 atom stereocenters. The predicted molar refractivity (Wildman–Crippen MR) is 388 cm³/mol. The number of aryl methyl sites for hydroxylation is 1. The summed E-state index contributed by atoms with van der Waals surface area (Å²) in [6, 6.07) is 107. The van der Waals surface area contributed by atoms with Gasteiger partial charge in [-0.3, -0.25) is 0 Å². The van der Waals surface area contributed by atoms with Crippen LogP contribution in [0.25, 0.3) is 44.9 Å². The molecule has 0 aliphatic carbocycles. The molecule has 8 nitrogen and oxygen atoms in total. The van der Waals surface area contributed by atoms with Crippen LogP contribution < -0.4 is 67.9 Å². The topological polar surface area (TPSA) is 53.4 Å². The molecule has 0 saturated carbocycles. The largest absolute Gasteiger partial charge is 0.452 e. The minimum Gasteiger partial charge on any atom is -0.452 e. The molecule has 0 spiro atoms. The molecule has 0 radical (unpaired) electrons. The Morgan fingerprint density at radius 3 is 1.30 bits per heavy atom. The first-order chi connectivity index (χ1) is 46.1. The van der Waals surface area contributed by atoms with Gasteiger partial charge in [-0.1, -0.05) is 212 Å². The first-order valence-electron chi connectivity index (χ1n) is 32.1. The van der Waals surface area contributed by atoms with Gasteiger partial charge < -0.3 is 39.6 Å². The lowest BCUT2D eigenvalue weighted by atomic mass is 9.30. The molecule has 14 aromatic rings. The van der Waals surface area contributed by atoms with Crippen molar-refractivity contribution in [1.82, 2.24) is 0 Å². The molecule has 21 rings (SSSR count). The number of para-hydroxylation sites is 6. The monoisotopic (exact) mass is 1190 g/mol. The van der Waals surface area contributed by atoms with E-state index in [1.165, 1.54) is 60.8 Å². The number of hydrogen-bond donors (Lipinski definition) is 2. The van der Waals surface area contributed by atoms with Gasteiger partial charge in [-0.25, -0.2) is 0 Å². The van der Waals surface area contributed by atoms with E-state index in [0.29, 0.717) is 0 Å². The fourth-order valence-corrected chi connectivity index (χ4v) is 16.7. The van der Waals surface area contributed by atoms with Crippen molar-refractivity contribution in [2.45, 2.75) is 6.92 Å². The van der Waals surface area contributed by atoms with Crippen LogP contribution in [0.5, 0.6) is 0 Å². The summed E-state index contributed by atoms with van der Waals surface area (Å²) in [5.74, 6) is 1.60. The molecule has 10 heteroatoms. The minimum atomic E-state index is -0.234. The summed E-state index contributed by atoms with van der Waals surface area (Å²) in [6.07, 6.45) is 0. The maximum absolute atomic E-state index is 7.86. The van der Waals surface area contributed by atoms with Crippen molar-refractivity contribution in [1.29, 1.82) is 0 Å². The Morgan fingerprint density at radius 2 is 0.731 bits per heavy atom. The fourth-order valence-electron chi connectivity index (χ4n) is 16.7. The Hall–Kier alpha value is -12.1. The normalized spacial score (nSPS) is 13.7. The first-order valence-corrected chi connectivity index (χ1v) is 32.1. The van der Waals surface area contributed by atoms with E-state index in [9.17, 15) is 0 Å². The Balaban J connectivity index is 0.937. The van der Waals surface area contributed by atoms with Gasteiger partial charge in [-0.05, 0) is 141 Å². The maximum atomic E-state index is 7.86. The van der Waals surface area contributed by atoms with Crippen LogP contribution in [0.3, 0.4) is 0 Å². The Bertz CT molecular complexity index is 5470. The van der Waals surface area contributed by atoms with E-state index in [4.69, 9.17) is 4.42 Å². The maximum Gasteiger partial charge on any atom is 0.252 e. The van der Waals surface area contributed by atoms with Crippen LogP contribution in [0.2, 0.25) is 0 Å². The van der Waals surface area contributed by atoms with Gasteiger partial charge in [0, 0.05) is 50.8 Å². The highest BCUT2D eigenvalue weighted by molar-refractivity contribution is 7.03. The summed E-state index contributed by atoms with van der Waals surface area (Å²) in [5.41, 5.74) is 36.1. The van der Waals surface area contributed by atoms with Crippen molar-refractivity contribution in [3.8, 4) is 44.9 Å². The second-order valence-electron chi connectivity index (χ2n) is 25.4. The van der Waals surface area contributed by atoms with Crippen LogP contribution in [0.1, 0.15) is 5.56 Å². The zero-order valence-corrected chi connectivity index (χ0v) is 50.5. The summed E-state index contributed by atoms with van der Waals surface area (Å²) in [4.78, 5) is 12.9. The lowest BCUT2D eigenvalue weighted by Crippen LogP contribution is -2.65. The molecule has 0 fully saturated rings. The average molecular weight is 1190 g/mol. The van der Waals surface area contributed by atoms with Gasteiger partial charge in [0.2, 0.25) is 0 Å². The highest BCUT2D eigenvalue weighted by Gasteiger charge is 2.55. The minimum absolute atomic E-state index is 0.176. The van der Waals surface area contributed by atoms with Crippen molar-refractivity contribution < 1.29 is 4.42 Å². The number of benzene rings is 13. The van der Waals surface area contributed by atoms with Gasteiger partial charge in [0.05, 0.1) is 62.6 Å². The van der Waals surface area contributed by atoms with Crippen LogP contribution in [-0.2, 0) is 0 Å². The van der Waals surface area contributed by atoms with Crippen molar-refractivity contribution in [2.24, 2.45) is 0 Å². The first kappa shape index (κ1) is 50.7. The molecule has 2 N–H and O–H groups in total. The summed E-state index contributed by atoms with van der Waals surface area (Å²) in [5, 5.41) is 8.11. The average Bonchev–Trinajstić information content (AvgIpc) is 1.63. The van der Waals surface area contributed by atoms with Crippen LogP contribution >= 0.6 is 0 Å². The van der Waals surface area contributed by atoms with E-state index in [1.54, 1.807) is 0 Å². The van der Waals surface area contributed by atoms with E-state index < -0.39 is 0 Å². The number of furan rings is 1. The number of hydrogen-bond acceptors (Lipinski definition) is 8. The lowest BCUT2D eigenvalue weighted by Gasteiger charge is -2.52. The van der Waals surface area contributed by atoms with E-state index in [-0.39, 0.29) is 13.4 Å². The van der Waals surface area contributed by atoms with Gasteiger partial charge in [-0.15, -0.1) is 0 Å². The van der Waals surface area contributed by atoms with E-state index in [2.05, 4.69) is 333 Å². The molecule has 0 saturated heterocycles. The van der Waals surface area contributed by atoms with Gasteiger partial charge in [-0.2, -0.15) is 0 Å². The molecule has 93 heavy (non-hydrogen) atoms. The molecule has 0 unspecified atom stereocenters. The molecule has 7 aliphatic heterocycles. The summed E-state index contributed by atoms with van der Waals surface area (Å²) >= 11 is 0. The van der Waals surface area contributed by atoms with Crippen LogP contribution in [0.4, 0.5) is 108 Å². The zero-order chi connectivity index (χ0) is 60.7. The summed E-state index contributed by atoms with van der Waals surface area (Å²) in [6.45, 7) is 1.87. The van der Waals surface area contributed by atoms with Crippen molar-refractivity contribution in [2.75, 3.05) is 35.1 Å². The smallest absolute Gasteiger partial charge is 0.252 e. The van der Waals surface area contributed by atoms with Gasteiger partial charge >= 0.3 is 0 Å². The third-order valence-electron chi connectivity index (χ3n) is 20.3. The molecular formula is C83H53B2N7O. The van der Waals surface area contributed by atoms with Crippen LogP contribution in [0, 0.1) is 6.92 Å². The van der Waals surface area contributed by atoms with E-state index in [1.807, 2.05) is 0 Å². The van der Waals surface area contributed by atoms with E-state index in [0.717, 1.165) is 130 Å². The van der Waals surface area contributed by atoms with Crippen molar-refractivity contribution in [3.63, 3.8) is 0 Å². The molecule has 13 aromatic carbocycles. The number of anilines is 19. The highest BCUT2D eigenvalue weighted by atomic mass is 16.3. The third kappa shape index (κ3) is 6.96. The number of rotatable bonds is 7. The molecule has 0 bridgehead atoms. The molecule has 0 amide bonds. The predicted octanol–water partition coefficient (Wildman–Crippen LogP) is 18.3. The van der Waals surface area contributed by atoms with E-state index >= 15 is 0 Å². The third-order valence-corrected chi connectivity index (χ3v) is 20.3. The van der Waals surface area contributed by atoms with Crippen LogP contribution in [0.15, 0.2) is 296 Å². The second-order valence-corrected chi connectivity index (χ2v) is 25.4. The van der Waals surface area contributed by atoms with Gasteiger partial charge in [0.1, 0.15) is 11.4 Å². The summed E-state index contributed by atoms with van der Waals surface area (Å²) in [7, 11) is 0. The van der Waals surface area contributed by atoms with Gasteiger partial charge in [0.25, 0.3) is 13.4 Å². The van der Waals surface area contributed by atoms with Crippen molar-refractivity contribution in [3.05, 3.63) is 297 Å². The zero-order valence-electron chi connectivity index (χ0n) is 50.5. The quantitative estimate of drug-likeness (QED) is 0.153. The SMILES string of the molecule is Cc1cc2c3c(c1)N1c4c(ccc5c4N(c4cc(N(c6ccccc6)c6ccccc6)cc6c4B5c4cc(-c5ccccc5)cc5c4N6c4ccccc4N5)c4c(-c5ccccc5)oc(-c5ccccc5)c41)B3c1ccc(-c3ccccc3)c3c1N2c1ccccc1N3. The number of nitrogens with one attached hydrogen (secondary N) is 2. The number of fused-ring (bicyclic) bond motifs is 15.